The van der Waals surface area contributed by atoms with Gasteiger partial charge in [0.05, 0.1) is 0 Å². The Kier molecular flexibility index (Phi) is 10.2. The summed E-state index contributed by atoms with van der Waals surface area (Å²) in [5.74, 6) is 0. The molecule has 3 N–H and O–H groups in total. The second-order valence-corrected chi connectivity index (χ2v) is 5.18. The van der Waals surface area contributed by atoms with Gasteiger partial charge >= 0.3 is 9.36 Å². The number of unbranched alkanes of at least 4 members (excludes halogenated alkanes) is 1. The van der Waals surface area contributed by atoms with Crippen molar-refractivity contribution < 1.29 is 4.43 Å². The molecule has 80 valence electrons. The van der Waals surface area contributed by atoms with E-state index in [0.717, 1.165) is 19.7 Å². The second kappa shape index (κ2) is 10.1. The highest BCUT2D eigenvalue weighted by Gasteiger charge is 2.03. The van der Waals surface area contributed by atoms with Crippen molar-refractivity contribution in [3.8, 4) is 0 Å². The van der Waals surface area contributed by atoms with Gasteiger partial charge in [-0.05, 0) is 27.1 Å². The predicted molar refractivity (Wildman–Crippen MR) is 59.0 cm³/mol. The van der Waals surface area contributed by atoms with Crippen LogP contribution in [-0.4, -0.2) is 43.2 Å². The summed E-state index contributed by atoms with van der Waals surface area (Å²) in [6.07, 6.45) is 2.50. The van der Waals surface area contributed by atoms with E-state index in [-0.39, 0.29) is 0 Å². The summed E-state index contributed by atoms with van der Waals surface area (Å²) < 4.78 is 5.57. The molecule has 5 heteroatoms. The molecule has 0 spiro atoms. The van der Waals surface area contributed by atoms with Crippen molar-refractivity contribution >= 4 is 9.36 Å². The molecule has 0 aliphatic heterocycles. The number of hydrogen-bond donors (Lipinski definition) is 3. The van der Waals surface area contributed by atoms with Crippen molar-refractivity contribution in [3.63, 3.8) is 0 Å². The van der Waals surface area contributed by atoms with Crippen LogP contribution in [0.5, 0.6) is 0 Å². The van der Waals surface area contributed by atoms with Crippen LogP contribution in [0.3, 0.4) is 0 Å². The van der Waals surface area contributed by atoms with E-state index in [1.807, 2.05) is 14.1 Å². The Hall–Kier alpha value is 0.0569. The predicted octanol–water partition coefficient (Wildman–Crippen LogP) is -0.451. The molecule has 0 heterocycles. The van der Waals surface area contributed by atoms with Gasteiger partial charge < -0.3 is 19.7 Å². The zero-order chi connectivity index (χ0) is 9.94. The molecule has 0 aromatic rings. The quantitative estimate of drug-likeness (QED) is 0.352. The molecule has 0 fully saturated rings. The molecule has 0 amide bonds. The van der Waals surface area contributed by atoms with Gasteiger partial charge in [0.15, 0.2) is 0 Å². The summed E-state index contributed by atoms with van der Waals surface area (Å²) in [4.78, 5) is 6.26. The highest BCUT2D eigenvalue weighted by atomic mass is 28.3. The Morgan fingerprint density at radius 1 is 1.15 bits per heavy atom. The summed E-state index contributed by atoms with van der Waals surface area (Å²) >= 11 is 0. The average molecular weight is 205 g/mol. The third-order valence-corrected chi connectivity index (χ3v) is 3.41. The van der Waals surface area contributed by atoms with Crippen molar-refractivity contribution in [1.82, 2.24) is 15.3 Å². The fourth-order valence-electron chi connectivity index (χ4n) is 0.987. The van der Waals surface area contributed by atoms with E-state index < -0.39 is 9.36 Å². The van der Waals surface area contributed by atoms with E-state index in [4.69, 9.17) is 4.43 Å². The molecule has 0 atom stereocenters. The topological polar surface area (TPSA) is 45.3 Å². The maximum absolute atomic E-state index is 5.57. The van der Waals surface area contributed by atoms with Gasteiger partial charge in [0.25, 0.3) is 0 Å². The average Bonchev–Trinajstić information content (AvgIpc) is 2.17. The Balaban J connectivity index is 3.05. The molecule has 0 saturated heterocycles. The maximum Gasteiger partial charge on any atom is 0.334 e. The molecule has 0 unspecified atom stereocenters. The van der Waals surface area contributed by atoms with Gasteiger partial charge in [0.2, 0.25) is 0 Å². The Bertz CT molecular complexity index is 101. The molecular weight excluding hydrogens is 182 g/mol. The molecule has 0 aromatic carbocycles. The van der Waals surface area contributed by atoms with E-state index in [1.165, 1.54) is 12.8 Å². The summed E-state index contributed by atoms with van der Waals surface area (Å²) in [5.41, 5.74) is 0. The van der Waals surface area contributed by atoms with Crippen LogP contribution in [0.2, 0.25) is 0 Å². The Morgan fingerprint density at radius 2 is 1.85 bits per heavy atom. The smallest absolute Gasteiger partial charge is 0.334 e. The number of nitrogens with one attached hydrogen (secondary N) is 3. The molecule has 0 aliphatic carbocycles. The van der Waals surface area contributed by atoms with Crippen molar-refractivity contribution in [3.05, 3.63) is 0 Å². The van der Waals surface area contributed by atoms with Crippen molar-refractivity contribution in [2.75, 3.05) is 33.8 Å². The lowest BCUT2D eigenvalue weighted by atomic mass is 10.3. The van der Waals surface area contributed by atoms with Crippen LogP contribution >= 0.6 is 0 Å². The maximum atomic E-state index is 5.57. The zero-order valence-electron chi connectivity index (χ0n) is 9.02. The minimum Gasteiger partial charge on any atom is -0.393 e. The molecule has 0 bridgehead atoms. The molecule has 0 aromatic heterocycles. The molecule has 0 radical (unpaired) electrons. The van der Waals surface area contributed by atoms with Gasteiger partial charge in [-0.1, -0.05) is 13.3 Å². The normalized spacial score (nSPS) is 11.1. The fourth-order valence-corrected chi connectivity index (χ4v) is 1.96. The van der Waals surface area contributed by atoms with Gasteiger partial charge in [0.1, 0.15) is 0 Å². The molecular formula is C8H23N3OSi. The Morgan fingerprint density at radius 3 is 2.38 bits per heavy atom. The van der Waals surface area contributed by atoms with Crippen LogP contribution in [-0.2, 0) is 4.43 Å². The minimum atomic E-state index is -1.29. The lowest BCUT2D eigenvalue weighted by Crippen LogP contribution is -2.47. The number of rotatable bonds is 9. The van der Waals surface area contributed by atoms with Crippen molar-refractivity contribution in [2.24, 2.45) is 0 Å². The summed E-state index contributed by atoms with van der Waals surface area (Å²) in [6.45, 7) is 5.05. The lowest BCUT2D eigenvalue weighted by molar-refractivity contribution is 0.303. The highest BCUT2D eigenvalue weighted by Crippen LogP contribution is 1.82. The third-order valence-electron chi connectivity index (χ3n) is 1.79. The highest BCUT2D eigenvalue weighted by molar-refractivity contribution is 6.45. The summed E-state index contributed by atoms with van der Waals surface area (Å²) in [5, 5.41) is 3.33. The summed E-state index contributed by atoms with van der Waals surface area (Å²) in [6, 6.07) is 0. The van der Waals surface area contributed by atoms with E-state index >= 15 is 0 Å². The monoisotopic (exact) mass is 205 g/mol. The van der Waals surface area contributed by atoms with Gasteiger partial charge in [-0.25, -0.2) is 0 Å². The Labute approximate surface area is 83.3 Å². The lowest BCUT2D eigenvalue weighted by Gasteiger charge is -2.13. The van der Waals surface area contributed by atoms with Gasteiger partial charge in [0, 0.05) is 13.2 Å². The van der Waals surface area contributed by atoms with Crippen LogP contribution in [0, 0.1) is 0 Å². The third kappa shape index (κ3) is 8.39. The first-order valence-corrected chi connectivity index (χ1v) is 6.64. The van der Waals surface area contributed by atoms with Gasteiger partial charge in [-0.2, -0.15) is 0 Å². The van der Waals surface area contributed by atoms with Crippen LogP contribution in [0.15, 0.2) is 0 Å². The first kappa shape index (κ1) is 13.1. The van der Waals surface area contributed by atoms with Crippen LogP contribution in [0.1, 0.15) is 19.8 Å². The van der Waals surface area contributed by atoms with Gasteiger partial charge in [-0.3, -0.25) is 0 Å². The minimum absolute atomic E-state index is 0.794. The van der Waals surface area contributed by atoms with Crippen LogP contribution in [0.4, 0.5) is 0 Å². The van der Waals surface area contributed by atoms with E-state index in [9.17, 15) is 0 Å². The zero-order valence-corrected chi connectivity index (χ0v) is 10.2. The van der Waals surface area contributed by atoms with Crippen molar-refractivity contribution in [2.45, 2.75) is 19.8 Å². The van der Waals surface area contributed by atoms with Crippen LogP contribution in [0.25, 0.3) is 0 Å². The second-order valence-electron chi connectivity index (χ2n) is 2.93. The van der Waals surface area contributed by atoms with Gasteiger partial charge in [-0.15, -0.1) is 0 Å². The standard InChI is InChI=1S/C8H23N3OSi/c1-4-5-6-11-7-8-12-13(9-2)10-3/h9-11,13H,4-8H2,1-3H3. The van der Waals surface area contributed by atoms with E-state index in [1.54, 1.807) is 0 Å². The molecule has 4 nitrogen and oxygen atoms in total. The first-order chi connectivity index (χ1) is 6.35. The number of hydrogen-bond acceptors (Lipinski definition) is 4. The molecule has 0 aliphatic rings. The fraction of sp³-hybridized carbons (Fsp3) is 1.00. The summed E-state index contributed by atoms with van der Waals surface area (Å²) in [7, 11) is 2.57. The molecule has 13 heavy (non-hydrogen) atoms. The largest absolute Gasteiger partial charge is 0.393 e. The van der Waals surface area contributed by atoms with Crippen LogP contribution < -0.4 is 15.3 Å². The molecule has 0 saturated carbocycles. The van der Waals surface area contributed by atoms with E-state index in [2.05, 4.69) is 22.2 Å². The van der Waals surface area contributed by atoms with Crippen molar-refractivity contribution in [1.29, 1.82) is 0 Å². The SMILES string of the molecule is CCCCNCCO[SiH](NC)NC. The first-order valence-electron chi connectivity index (χ1n) is 5.02. The molecule has 0 rings (SSSR count). The van der Waals surface area contributed by atoms with E-state index in [0.29, 0.717) is 0 Å².